The Morgan fingerprint density at radius 1 is 1.10 bits per heavy atom. The molecule has 51 heavy (non-hydrogen) atoms. The second kappa shape index (κ2) is 14.1. The smallest absolute Gasteiger partial charge is 0.357 e. The molecule has 0 bridgehead atoms. The van der Waals surface area contributed by atoms with Crippen molar-refractivity contribution in [1.82, 2.24) is 29.7 Å². The molecule has 14 heteroatoms. The Labute approximate surface area is 299 Å². The summed E-state index contributed by atoms with van der Waals surface area (Å²) in [5.74, 6) is 1.01. The van der Waals surface area contributed by atoms with Crippen LogP contribution in [0, 0.1) is 23.7 Å². The summed E-state index contributed by atoms with van der Waals surface area (Å²) in [5.41, 5.74) is 4.29. The largest absolute Gasteiger partial charge is 0.393 e. The molecule has 3 saturated heterocycles. The summed E-state index contributed by atoms with van der Waals surface area (Å²) in [4.78, 5) is 28.9. The number of nitrogens with zero attached hydrogens (tertiary/aromatic N) is 7. The lowest BCUT2D eigenvalue weighted by Crippen LogP contribution is -2.44. The van der Waals surface area contributed by atoms with E-state index in [0.717, 1.165) is 107 Å². The van der Waals surface area contributed by atoms with E-state index >= 15 is 0 Å². The summed E-state index contributed by atoms with van der Waals surface area (Å²) >= 11 is 1.09. The van der Waals surface area contributed by atoms with Gasteiger partial charge in [0.1, 0.15) is 22.4 Å². The number of thiophene rings is 1. The van der Waals surface area contributed by atoms with Gasteiger partial charge in [-0.1, -0.05) is 12.6 Å². The van der Waals surface area contributed by atoms with Gasteiger partial charge in [0.15, 0.2) is 0 Å². The van der Waals surface area contributed by atoms with Crippen LogP contribution in [0.4, 0.5) is 24.9 Å². The molecule has 3 aliphatic rings. The van der Waals surface area contributed by atoms with Crippen LogP contribution in [0.5, 0.6) is 0 Å². The molecule has 3 aromatic heterocycles. The van der Waals surface area contributed by atoms with Crippen LogP contribution in [-0.4, -0.2) is 95.3 Å². The third-order valence-corrected chi connectivity index (χ3v) is 12.0. The number of carbonyl (C=O) groups excluding carboxylic acids is 1. The van der Waals surface area contributed by atoms with Gasteiger partial charge in [-0.2, -0.15) is 23.4 Å². The molecule has 1 spiro atoms. The Balaban J connectivity index is 1.01. The van der Waals surface area contributed by atoms with E-state index in [2.05, 4.69) is 66.6 Å². The number of amides is 1. The van der Waals surface area contributed by atoms with E-state index < -0.39 is 12.6 Å². The van der Waals surface area contributed by atoms with E-state index in [1.807, 2.05) is 6.07 Å². The highest BCUT2D eigenvalue weighted by Crippen LogP contribution is 2.44. The third kappa shape index (κ3) is 7.43. The lowest BCUT2D eigenvalue weighted by molar-refractivity contribution is -0.126. The first-order valence-electron chi connectivity index (χ1n) is 17.7. The number of piperidine rings is 1. The van der Waals surface area contributed by atoms with Gasteiger partial charge in [0, 0.05) is 86.6 Å². The maximum atomic E-state index is 13.2. The Bertz CT molecular complexity index is 1990. The van der Waals surface area contributed by atoms with E-state index in [0.29, 0.717) is 27.7 Å². The highest BCUT2D eigenvalue weighted by Gasteiger charge is 2.44. The van der Waals surface area contributed by atoms with Crippen LogP contribution in [0.25, 0.3) is 21.1 Å². The van der Waals surface area contributed by atoms with Gasteiger partial charge in [0.05, 0.1) is 11.8 Å². The van der Waals surface area contributed by atoms with Gasteiger partial charge in [0.25, 0.3) is 0 Å². The Morgan fingerprint density at radius 2 is 1.88 bits per heavy atom. The molecule has 1 aromatic carbocycles. The monoisotopic (exact) mass is 719 g/mol. The normalized spacial score (nSPS) is 20.5. The second-order valence-electron chi connectivity index (χ2n) is 14.4. The quantitative estimate of drug-likeness (QED) is 0.197. The number of carbonyl (C=O) groups is 1. The number of halogens is 3. The summed E-state index contributed by atoms with van der Waals surface area (Å²) in [7, 11) is 1.73. The number of alkyl halides is 3. The third-order valence-electron chi connectivity index (χ3n) is 11.0. The predicted octanol–water partition coefficient (Wildman–Crippen LogP) is 5.84. The van der Waals surface area contributed by atoms with E-state index in [1.54, 1.807) is 13.1 Å². The molecule has 1 amide bonds. The van der Waals surface area contributed by atoms with Crippen LogP contribution in [0.15, 0.2) is 36.9 Å². The van der Waals surface area contributed by atoms with Crippen molar-refractivity contribution in [2.45, 2.75) is 64.3 Å². The first kappa shape index (κ1) is 35.2. The standard InChI is InChI=1S/C37H44F3N9OS/c1-4-32(50)43-26-7-11-46(12-8-26)15-16-49-27(20-41)17-29-24(2)25(5-6-31(29)49)21-47-13-9-36(22-47)10-14-48(23-36)33-30-18-28(19-37(38,39)40)51-34(30)45-35(42-3)44-33/h4-6,17-18,26H,1,7-16,19,21-23H2,2-3H3,(H,43,50)(H,42,44,45). The maximum absolute atomic E-state index is 13.2. The molecule has 270 valence electrons. The molecule has 7 rings (SSSR count). The zero-order chi connectivity index (χ0) is 35.9. The minimum absolute atomic E-state index is 0.0862. The highest BCUT2D eigenvalue weighted by molar-refractivity contribution is 7.18. The van der Waals surface area contributed by atoms with Crippen molar-refractivity contribution >= 4 is 50.1 Å². The molecule has 2 N–H and O–H groups in total. The fraction of sp³-hybridized carbons (Fsp3) is 0.514. The average Bonchev–Trinajstić information content (AvgIpc) is 3.89. The molecule has 0 radical (unpaired) electrons. The van der Waals surface area contributed by atoms with Gasteiger partial charge in [-0.05, 0) is 74.6 Å². The predicted molar refractivity (Wildman–Crippen MR) is 195 cm³/mol. The fourth-order valence-corrected chi connectivity index (χ4v) is 9.33. The van der Waals surface area contributed by atoms with Gasteiger partial charge < -0.3 is 25.0 Å². The van der Waals surface area contributed by atoms with Crippen molar-refractivity contribution in [3.8, 4) is 6.07 Å². The van der Waals surface area contributed by atoms with Crippen LogP contribution in [-0.2, 0) is 24.3 Å². The van der Waals surface area contributed by atoms with Crippen molar-refractivity contribution < 1.29 is 18.0 Å². The number of anilines is 2. The lowest BCUT2D eigenvalue weighted by atomic mass is 9.86. The van der Waals surface area contributed by atoms with Gasteiger partial charge in [-0.3, -0.25) is 9.69 Å². The topological polar surface area (TPSA) is 105 Å². The van der Waals surface area contributed by atoms with Crippen LogP contribution < -0.4 is 15.5 Å². The van der Waals surface area contributed by atoms with Crippen LogP contribution >= 0.6 is 11.3 Å². The Hall–Kier alpha value is -4.19. The van der Waals surface area contributed by atoms with E-state index in [1.165, 1.54) is 17.2 Å². The van der Waals surface area contributed by atoms with E-state index in [4.69, 9.17) is 4.98 Å². The molecule has 3 fully saturated rings. The van der Waals surface area contributed by atoms with Gasteiger partial charge in [-0.15, -0.1) is 11.3 Å². The van der Waals surface area contributed by atoms with Crippen molar-refractivity contribution in [1.29, 1.82) is 5.26 Å². The highest BCUT2D eigenvalue weighted by atomic mass is 32.1. The molecule has 6 heterocycles. The minimum atomic E-state index is -4.28. The van der Waals surface area contributed by atoms with Crippen LogP contribution in [0.3, 0.4) is 0 Å². The van der Waals surface area contributed by atoms with Gasteiger partial charge in [-0.25, -0.2) is 4.98 Å². The number of nitrogens with one attached hydrogen (secondary N) is 2. The minimum Gasteiger partial charge on any atom is -0.357 e. The van der Waals surface area contributed by atoms with Crippen molar-refractivity contribution in [2.24, 2.45) is 5.41 Å². The maximum Gasteiger partial charge on any atom is 0.393 e. The lowest BCUT2D eigenvalue weighted by Gasteiger charge is -2.32. The number of hydrogen-bond acceptors (Lipinski definition) is 9. The summed E-state index contributed by atoms with van der Waals surface area (Å²) in [6.07, 6.45) is -0.0724. The average molecular weight is 720 g/mol. The Morgan fingerprint density at radius 3 is 2.61 bits per heavy atom. The molecule has 0 saturated carbocycles. The molecule has 1 unspecified atom stereocenters. The molecule has 1 atom stereocenters. The number of aryl methyl sites for hydroxylation is 1. The van der Waals surface area contributed by atoms with Crippen molar-refractivity contribution in [3.05, 3.63) is 58.6 Å². The number of aromatic nitrogens is 3. The summed E-state index contributed by atoms with van der Waals surface area (Å²) in [6, 6.07) is 10.6. The zero-order valence-electron chi connectivity index (χ0n) is 29.2. The van der Waals surface area contributed by atoms with Gasteiger partial charge in [0.2, 0.25) is 11.9 Å². The second-order valence-corrected chi connectivity index (χ2v) is 15.5. The first-order valence-corrected chi connectivity index (χ1v) is 18.5. The molecule has 0 aliphatic carbocycles. The molecule has 10 nitrogen and oxygen atoms in total. The molecular formula is C37H44F3N9OS. The van der Waals surface area contributed by atoms with Gasteiger partial charge >= 0.3 is 6.18 Å². The zero-order valence-corrected chi connectivity index (χ0v) is 30.0. The number of likely N-dealkylation sites (tertiary alicyclic amines) is 2. The summed E-state index contributed by atoms with van der Waals surface area (Å²) in [5, 5.41) is 17.8. The Kier molecular flexibility index (Phi) is 9.73. The van der Waals surface area contributed by atoms with Crippen molar-refractivity contribution in [3.63, 3.8) is 0 Å². The molecule has 3 aliphatic heterocycles. The van der Waals surface area contributed by atoms with Crippen molar-refractivity contribution in [2.75, 3.05) is 63.1 Å². The molecule has 4 aromatic rings. The van der Waals surface area contributed by atoms with Crippen LogP contribution in [0.1, 0.15) is 47.4 Å². The number of hydrogen-bond donors (Lipinski definition) is 2. The summed E-state index contributed by atoms with van der Waals surface area (Å²) < 4.78 is 41.8. The van der Waals surface area contributed by atoms with Crippen LogP contribution in [0.2, 0.25) is 0 Å². The number of benzene rings is 1. The number of rotatable bonds is 10. The number of nitriles is 1. The molecular weight excluding hydrogens is 676 g/mol. The summed E-state index contributed by atoms with van der Waals surface area (Å²) in [6.45, 7) is 13.4. The van der Waals surface area contributed by atoms with E-state index in [9.17, 15) is 23.2 Å². The SMILES string of the molecule is C=CC(=O)NC1CCN(CCn2c(C#N)cc3c(C)c(CN4CCC5(CCN(c6nc(NC)nc7sc(CC(F)(F)F)cc67)C5)C4)ccc32)CC1. The van der Waals surface area contributed by atoms with E-state index in [-0.39, 0.29) is 22.2 Å². The first-order chi connectivity index (χ1) is 24.5. The fourth-order valence-electron chi connectivity index (χ4n) is 8.28. The number of fused-ring (bicyclic) bond motifs is 2.